The Kier molecular flexibility index (Phi) is 4.86. The van der Waals surface area contributed by atoms with Crippen LogP contribution in [0.4, 0.5) is 0 Å². The number of ether oxygens (including phenoxy) is 1. The molecule has 108 valence electrons. The minimum atomic E-state index is -0.422. The second-order valence-electron chi connectivity index (χ2n) is 4.50. The highest BCUT2D eigenvalue weighted by Crippen LogP contribution is 2.10. The van der Waals surface area contributed by atoms with Gasteiger partial charge in [0.25, 0.3) is 0 Å². The molecule has 0 N–H and O–H groups in total. The van der Waals surface area contributed by atoms with Crippen LogP contribution in [0.1, 0.15) is 35.9 Å². The summed E-state index contributed by atoms with van der Waals surface area (Å²) in [6.45, 7) is 3.64. The molecule has 0 saturated heterocycles. The van der Waals surface area contributed by atoms with E-state index >= 15 is 0 Å². The zero-order valence-electron chi connectivity index (χ0n) is 11.8. The molecular formula is C13H19N5O2. The van der Waals surface area contributed by atoms with E-state index in [0.717, 1.165) is 38.0 Å². The predicted octanol–water partition coefficient (Wildman–Crippen LogP) is 1.30. The molecule has 2 heterocycles. The largest absolute Gasteiger partial charge is 0.464 e. The van der Waals surface area contributed by atoms with Gasteiger partial charge in [-0.1, -0.05) is 18.6 Å². The number of aromatic nitrogens is 5. The lowest BCUT2D eigenvalue weighted by Gasteiger charge is -2.07. The van der Waals surface area contributed by atoms with Crippen LogP contribution in [0.25, 0.3) is 0 Å². The summed E-state index contributed by atoms with van der Waals surface area (Å²) in [5.74, 6) is -0.422. The maximum Gasteiger partial charge on any atom is 0.360 e. The van der Waals surface area contributed by atoms with E-state index in [2.05, 4.69) is 22.2 Å². The van der Waals surface area contributed by atoms with E-state index in [1.807, 2.05) is 10.8 Å². The van der Waals surface area contributed by atoms with Gasteiger partial charge < -0.3 is 9.30 Å². The van der Waals surface area contributed by atoms with Crippen molar-refractivity contribution < 1.29 is 9.53 Å². The molecule has 0 saturated carbocycles. The van der Waals surface area contributed by atoms with Gasteiger partial charge in [0.05, 0.1) is 19.1 Å². The topological polar surface area (TPSA) is 74.8 Å². The van der Waals surface area contributed by atoms with Gasteiger partial charge in [-0.25, -0.2) is 14.5 Å². The predicted molar refractivity (Wildman–Crippen MR) is 72.2 cm³/mol. The minimum Gasteiger partial charge on any atom is -0.464 e. The SMILES string of the molecule is CCCc1c(C(=O)OC)nnn1CCCn1ccnc1. The number of esters is 1. The van der Waals surface area contributed by atoms with Gasteiger partial charge in [-0.3, -0.25) is 0 Å². The van der Waals surface area contributed by atoms with Crippen molar-refractivity contribution in [3.63, 3.8) is 0 Å². The lowest BCUT2D eigenvalue weighted by molar-refractivity contribution is 0.0592. The lowest BCUT2D eigenvalue weighted by Crippen LogP contribution is -2.11. The number of hydrogen-bond acceptors (Lipinski definition) is 5. The van der Waals surface area contributed by atoms with Crippen LogP contribution in [0, 0.1) is 0 Å². The fraction of sp³-hybridized carbons (Fsp3) is 0.538. The molecule has 0 fully saturated rings. The monoisotopic (exact) mass is 277 g/mol. The van der Waals surface area contributed by atoms with Gasteiger partial charge in [-0.15, -0.1) is 5.10 Å². The summed E-state index contributed by atoms with van der Waals surface area (Å²) in [7, 11) is 1.36. The van der Waals surface area contributed by atoms with Crippen molar-refractivity contribution in [3.05, 3.63) is 30.1 Å². The molecule has 7 heteroatoms. The number of carbonyl (C=O) groups excluding carboxylic acids is 1. The minimum absolute atomic E-state index is 0.331. The normalized spacial score (nSPS) is 10.7. The first-order valence-corrected chi connectivity index (χ1v) is 6.72. The van der Waals surface area contributed by atoms with E-state index in [9.17, 15) is 4.79 Å². The maximum atomic E-state index is 11.6. The van der Waals surface area contributed by atoms with Gasteiger partial charge in [-0.2, -0.15) is 0 Å². The van der Waals surface area contributed by atoms with Crippen molar-refractivity contribution in [3.8, 4) is 0 Å². The second kappa shape index (κ2) is 6.83. The van der Waals surface area contributed by atoms with Crippen LogP contribution in [0.15, 0.2) is 18.7 Å². The van der Waals surface area contributed by atoms with Crippen LogP contribution >= 0.6 is 0 Å². The Morgan fingerprint density at radius 2 is 2.25 bits per heavy atom. The summed E-state index contributed by atoms with van der Waals surface area (Å²) in [6, 6.07) is 0. The molecule has 0 amide bonds. The highest BCUT2D eigenvalue weighted by atomic mass is 16.5. The zero-order chi connectivity index (χ0) is 14.4. The highest BCUT2D eigenvalue weighted by molar-refractivity contribution is 5.88. The van der Waals surface area contributed by atoms with Gasteiger partial charge in [-0.05, 0) is 12.8 Å². The van der Waals surface area contributed by atoms with Crippen LogP contribution in [0.5, 0.6) is 0 Å². The molecule has 2 aromatic rings. The Bertz CT molecular complexity index is 547. The first-order chi connectivity index (χ1) is 9.76. The van der Waals surface area contributed by atoms with Crippen LogP contribution in [0.3, 0.4) is 0 Å². The number of methoxy groups -OCH3 is 1. The van der Waals surface area contributed by atoms with Gasteiger partial charge in [0.15, 0.2) is 5.69 Å². The Labute approximate surface area is 117 Å². The van der Waals surface area contributed by atoms with Gasteiger partial charge >= 0.3 is 5.97 Å². The van der Waals surface area contributed by atoms with Crippen LogP contribution < -0.4 is 0 Å². The maximum absolute atomic E-state index is 11.6. The van der Waals surface area contributed by atoms with Crippen molar-refractivity contribution in [2.75, 3.05) is 7.11 Å². The molecule has 0 atom stereocenters. The molecule has 0 radical (unpaired) electrons. The Hall–Kier alpha value is -2.18. The van der Waals surface area contributed by atoms with E-state index in [1.54, 1.807) is 17.2 Å². The summed E-state index contributed by atoms with van der Waals surface area (Å²) in [6.07, 6.45) is 8.06. The molecule has 2 rings (SSSR count). The Morgan fingerprint density at radius 1 is 1.40 bits per heavy atom. The van der Waals surface area contributed by atoms with Gasteiger partial charge in [0.2, 0.25) is 0 Å². The number of imidazole rings is 1. The second-order valence-corrected chi connectivity index (χ2v) is 4.50. The average Bonchev–Trinajstić information content (AvgIpc) is 3.09. The summed E-state index contributed by atoms with van der Waals surface area (Å²) < 4.78 is 8.54. The third-order valence-corrected chi connectivity index (χ3v) is 3.05. The quantitative estimate of drug-likeness (QED) is 0.713. The lowest BCUT2D eigenvalue weighted by atomic mass is 10.2. The number of nitrogens with zero attached hydrogens (tertiary/aromatic N) is 5. The summed E-state index contributed by atoms with van der Waals surface area (Å²) >= 11 is 0. The fourth-order valence-corrected chi connectivity index (χ4v) is 2.07. The molecule has 0 aliphatic rings. The third-order valence-electron chi connectivity index (χ3n) is 3.05. The van der Waals surface area contributed by atoms with Crippen LogP contribution in [-0.4, -0.2) is 37.6 Å². The molecule has 0 aliphatic carbocycles. The van der Waals surface area contributed by atoms with E-state index < -0.39 is 5.97 Å². The fourth-order valence-electron chi connectivity index (χ4n) is 2.07. The molecular weight excluding hydrogens is 258 g/mol. The number of hydrogen-bond donors (Lipinski definition) is 0. The average molecular weight is 277 g/mol. The molecule has 7 nitrogen and oxygen atoms in total. The van der Waals surface area contributed by atoms with Crippen molar-refractivity contribution in [1.82, 2.24) is 24.5 Å². The molecule has 2 aromatic heterocycles. The zero-order valence-corrected chi connectivity index (χ0v) is 11.8. The first-order valence-electron chi connectivity index (χ1n) is 6.72. The first kappa shape index (κ1) is 14.2. The molecule has 0 bridgehead atoms. The molecule has 0 aliphatic heterocycles. The Morgan fingerprint density at radius 3 is 2.90 bits per heavy atom. The van der Waals surface area contributed by atoms with E-state index in [0.29, 0.717) is 5.69 Å². The molecule has 0 aromatic carbocycles. The van der Waals surface area contributed by atoms with Crippen LogP contribution in [-0.2, 0) is 24.2 Å². The van der Waals surface area contributed by atoms with E-state index in [-0.39, 0.29) is 0 Å². The summed E-state index contributed by atoms with van der Waals surface area (Å²) in [5, 5.41) is 8.00. The summed E-state index contributed by atoms with van der Waals surface area (Å²) in [4.78, 5) is 15.6. The van der Waals surface area contributed by atoms with E-state index in [1.165, 1.54) is 7.11 Å². The van der Waals surface area contributed by atoms with Crippen molar-refractivity contribution in [1.29, 1.82) is 0 Å². The van der Waals surface area contributed by atoms with Gasteiger partial charge in [0.1, 0.15) is 0 Å². The number of carbonyl (C=O) groups is 1. The molecule has 0 unspecified atom stereocenters. The smallest absolute Gasteiger partial charge is 0.360 e. The van der Waals surface area contributed by atoms with Crippen molar-refractivity contribution in [2.24, 2.45) is 0 Å². The standard InChI is InChI=1S/C13H19N5O2/c1-3-5-11-12(13(19)20-2)15-16-18(11)8-4-7-17-9-6-14-10-17/h6,9-10H,3-5,7-8H2,1-2H3. The van der Waals surface area contributed by atoms with Crippen LogP contribution in [0.2, 0.25) is 0 Å². The van der Waals surface area contributed by atoms with Gasteiger partial charge in [0, 0.05) is 25.5 Å². The highest BCUT2D eigenvalue weighted by Gasteiger charge is 2.19. The molecule has 0 spiro atoms. The van der Waals surface area contributed by atoms with E-state index in [4.69, 9.17) is 4.74 Å². The summed E-state index contributed by atoms with van der Waals surface area (Å²) in [5.41, 5.74) is 1.18. The van der Waals surface area contributed by atoms with Crippen molar-refractivity contribution in [2.45, 2.75) is 39.3 Å². The number of rotatable bonds is 7. The number of aryl methyl sites for hydroxylation is 2. The third kappa shape index (κ3) is 3.23. The molecule has 20 heavy (non-hydrogen) atoms. The Balaban J connectivity index is 2.03. The van der Waals surface area contributed by atoms with Crippen molar-refractivity contribution >= 4 is 5.97 Å².